The quantitative estimate of drug-likeness (QED) is 0.260. The number of hydrogen-bond acceptors (Lipinski definition) is 9. The molecule has 2 aromatic carbocycles. The highest BCUT2D eigenvalue weighted by atomic mass is 32.2. The topological polar surface area (TPSA) is 129 Å². The predicted molar refractivity (Wildman–Crippen MR) is 163 cm³/mol. The molecule has 15 heteroatoms. The van der Waals surface area contributed by atoms with Crippen molar-refractivity contribution in [1.29, 1.82) is 0 Å². The van der Waals surface area contributed by atoms with E-state index in [0.717, 1.165) is 16.4 Å². The van der Waals surface area contributed by atoms with Crippen LogP contribution in [0.2, 0.25) is 25.2 Å². The first-order chi connectivity index (χ1) is 20.8. The van der Waals surface area contributed by atoms with Crippen LogP contribution in [0.4, 0.5) is 14.7 Å². The van der Waals surface area contributed by atoms with Crippen LogP contribution in [0, 0.1) is 11.6 Å². The SMILES string of the molecule is COc1cccc(-c2nnc(N3CC([Si](C)(C)C)[C@H]([C@H](O)c4ccc(F)cc4F)S3(=O)=O)n2-c2c(OC)cccc2OC)n1. The van der Waals surface area contributed by atoms with Gasteiger partial charge in [-0.1, -0.05) is 37.8 Å². The van der Waals surface area contributed by atoms with Crippen molar-refractivity contribution < 1.29 is 36.5 Å². The highest BCUT2D eigenvalue weighted by Gasteiger charge is 2.56. The Hall–Kier alpha value is -4.08. The lowest BCUT2D eigenvalue weighted by Gasteiger charge is -2.30. The number of halogens is 2. The molecule has 44 heavy (non-hydrogen) atoms. The number of methoxy groups -OCH3 is 3. The van der Waals surface area contributed by atoms with E-state index in [1.54, 1.807) is 36.4 Å². The second kappa shape index (κ2) is 11.8. The lowest BCUT2D eigenvalue weighted by atomic mass is 10.0. The monoisotopic (exact) mass is 645 g/mol. The minimum atomic E-state index is -4.43. The average molecular weight is 646 g/mol. The van der Waals surface area contributed by atoms with E-state index in [-0.39, 0.29) is 23.9 Å². The molecule has 1 aliphatic heterocycles. The van der Waals surface area contributed by atoms with Crippen LogP contribution in [-0.4, -0.2) is 74.5 Å². The summed E-state index contributed by atoms with van der Waals surface area (Å²) in [6.07, 6.45) is -1.78. The van der Waals surface area contributed by atoms with Crippen LogP contribution in [0.1, 0.15) is 11.7 Å². The van der Waals surface area contributed by atoms with Gasteiger partial charge in [0.05, 0.1) is 29.4 Å². The molecule has 1 fully saturated rings. The highest BCUT2D eigenvalue weighted by molar-refractivity contribution is 7.93. The molecular formula is C29H33F2N5O6SSi. The van der Waals surface area contributed by atoms with Gasteiger partial charge in [-0.2, -0.15) is 0 Å². The van der Waals surface area contributed by atoms with Gasteiger partial charge in [0.25, 0.3) is 0 Å². The first-order valence-corrected chi connectivity index (χ1v) is 18.7. The van der Waals surface area contributed by atoms with Gasteiger partial charge in [-0.15, -0.1) is 10.2 Å². The number of anilines is 1. The number of para-hydroxylation sites is 1. The molecule has 0 bridgehead atoms. The van der Waals surface area contributed by atoms with Crippen molar-refractivity contribution in [3.05, 3.63) is 71.8 Å². The molecule has 1 aliphatic rings. The maximum absolute atomic E-state index is 14.9. The number of aliphatic hydroxyl groups excluding tert-OH is 1. The van der Waals surface area contributed by atoms with Gasteiger partial charge in [0.1, 0.15) is 45.9 Å². The second-order valence-electron chi connectivity index (χ2n) is 11.4. The number of benzene rings is 2. The van der Waals surface area contributed by atoms with Crippen molar-refractivity contribution in [1.82, 2.24) is 19.7 Å². The third-order valence-electron chi connectivity index (χ3n) is 7.77. The van der Waals surface area contributed by atoms with E-state index in [9.17, 15) is 22.3 Å². The van der Waals surface area contributed by atoms with E-state index in [4.69, 9.17) is 14.2 Å². The fraction of sp³-hybridized carbons (Fsp3) is 0.345. The van der Waals surface area contributed by atoms with E-state index in [1.165, 1.54) is 25.9 Å². The third kappa shape index (κ3) is 5.39. The van der Waals surface area contributed by atoms with Crippen molar-refractivity contribution in [2.45, 2.75) is 36.5 Å². The number of aromatic nitrogens is 4. The maximum Gasteiger partial charge on any atom is 0.246 e. The summed E-state index contributed by atoms with van der Waals surface area (Å²) in [5, 5.41) is 18.7. The number of aliphatic hydroxyl groups is 1. The molecule has 3 heterocycles. The number of ether oxygens (including phenoxy) is 3. The summed E-state index contributed by atoms with van der Waals surface area (Å²) in [6.45, 7) is 5.84. The summed E-state index contributed by atoms with van der Waals surface area (Å²) in [6, 6.07) is 12.8. The van der Waals surface area contributed by atoms with Crippen molar-refractivity contribution in [2.24, 2.45) is 0 Å². The third-order valence-corrected chi connectivity index (χ3v) is 13.0. The Labute approximate surface area is 255 Å². The number of nitrogens with zero attached hydrogens (tertiary/aromatic N) is 5. The molecule has 2 aromatic heterocycles. The summed E-state index contributed by atoms with van der Waals surface area (Å²) in [7, 11) is -2.43. The molecule has 0 amide bonds. The smallest absolute Gasteiger partial charge is 0.246 e. The standard InChI is InChI=1S/C29H33F2N5O6SSi/c1-40-21-10-8-11-22(41-2)25(21)36-28(20-9-7-12-24(32-20)42-3)33-34-29(36)35-16-23(44(4,5)6)27(43(35,38)39)26(37)18-14-13-17(30)15-19(18)31/h7-15,23,26-27,37H,16H2,1-6H3/t23?,26-,27-/m1/s1. The molecule has 0 radical (unpaired) electrons. The second-order valence-corrected chi connectivity index (χ2v) is 18.8. The van der Waals surface area contributed by atoms with Gasteiger partial charge in [-0.25, -0.2) is 26.5 Å². The Morgan fingerprint density at radius 1 is 0.955 bits per heavy atom. The summed E-state index contributed by atoms with van der Waals surface area (Å²) in [5.41, 5.74) is -0.265. The number of hydrogen-bond donors (Lipinski definition) is 1. The Bertz CT molecular complexity index is 1780. The van der Waals surface area contributed by atoms with Crippen LogP contribution in [0.15, 0.2) is 54.6 Å². The average Bonchev–Trinajstić information content (AvgIpc) is 3.53. The van der Waals surface area contributed by atoms with Crippen LogP contribution in [0.25, 0.3) is 17.2 Å². The van der Waals surface area contributed by atoms with E-state index < -0.39 is 46.6 Å². The van der Waals surface area contributed by atoms with Crippen molar-refractivity contribution >= 4 is 24.0 Å². The summed E-state index contributed by atoms with van der Waals surface area (Å²) in [5.74, 6) is -0.860. The fourth-order valence-electron chi connectivity index (χ4n) is 5.52. The van der Waals surface area contributed by atoms with Crippen LogP contribution >= 0.6 is 0 Å². The maximum atomic E-state index is 14.9. The van der Waals surface area contributed by atoms with Crippen LogP contribution in [0.3, 0.4) is 0 Å². The van der Waals surface area contributed by atoms with Gasteiger partial charge in [0, 0.05) is 24.2 Å². The molecule has 1 N–H and O–H groups in total. The van der Waals surface area contributed by atoms with E-state index >= 15 is 0 Å². The first-order valence-electron chi connectivity index (χ1n) is 13.7. The number of sulfonamides is 1. The van der Waals surface area contributed by atoms with Gasteiger partial charge >= 0.3 is 0 Å². The van der Waals surface area contributed by atoms with Crippen molar-refractivity contribution in [3.63, 3.8) is 0 Å². The zero-order chi connectivity index (χ0) is 32.0. The number of pyridine rings is 1. The Morgan fingerprint density at radius 2 is 1.61 bits per heavy atom. The van der Waals surface area contributed by atoms with Gasteiger partial charge < -0.3 is 19.3 Å². The molecule has 0 aliphatic carbocycles. The van der Waals surface area contributed by atoms with E-state index in [0.29, 0.717) is 34.8 Å². The molecule has 234 valence electrons. The lowest BCUT2D eigenvalue weighted by Crippen LogP contribution is -2.40. The molecule has 3 atom stereocenters. The van der Waals surface area contributed by atoms with E-state index in [1.807, 2.05) is 19.6 Å². The predicted octanol–water partition coefficient (Wildman–Crippen LogP) is 4.59. The minimum absolute atomic E-state index is 0.0657. The zero-order valence-corrected chi connectivity index (χ0v) is 26.8. The van der Waals surface area contributed by atoms with Gasteiger partial charge in [0.15, 0.2) is 5.82 Å². The minimum Gasteiger partial charge on any atom is -0.494 e. The summed E-state index contributed by atoms with van der Waals surface area (Å²) >= 11 is 0. The van der Waals surface area contributed by atoms with Crippen LogP contribution in [0.5, 0.6) is 17.4 Å². The summed E-state index contributed by atoms with van der Waals surface area (Å²) in [4.78, 5) is 4.49. The zero-order valence-electron chi connectivity index (χ0n) is 25.0. The normalized spacial score (nSPS) is 18.7. The highest BCUT2D eigenvalue weighted by Crippen LogP contribution is 2.48. The molecule has 1 saturated heterocycles. The fourth-order valence-corrected chi connectivity index (χ4v) is 11.3. The molecular weight excluding hydrogens is 612 g/mol. The van der Waals surface area contributed by atoms with Crippen molar-refractivity contribution in [2.75, 3.05) is 32.2 Å². The molecule has 4 aromatic rings. The Balaban J connectivity index is 1.76. The molecule has 5 rings (SSSR count). The first kappa shape index (κ1) is 31.3. The molecule has 0 saturated carbocycles. The van der Waals surface area contributed by atoms with Gasteiger partial charge in [-0.05, 0) is 29.8 Å². The van der Waals surface area contributed by atoms with E-state index in [2.05, 4.69) is 15.2 Å². The Kier molecular flexibility index (Phi) is 8.39. The van der Waals surface area contributed by atoms with Gasteiger partial charge in [0.2, 0.25) is 21.9 Å². The molecule has 1 unspecified atom stereocenters. The van der Waals surface area contributed by atoms with Crippen molar-refractivity contribution in [3.8, 4) is 34.6 Å². The molecule has 0 spiro atoms. The largest absolute Gasteiger partial charge is 0.494 e. The molecule has 11 nitrogen and oxygen atoms in total. The Morgan fingerprint density at radius 3 is 2.20 bits per heavy atom. The van der Waals surface area contributed by atoms with Crippen LogP contribution in [-0.2, 0) is 10.0 Å². The van der Waals surface area contributed by atoms with Crippen LogP contribution < -0.4 is 18.5 Å². The lowest BCUT2D eigenvalue weighted by molar-refractivity contribution is 0.165. The number of rotatable bonds is 9. The van der Waals surface area contributed by atoms with Gasteiger partial charge in [-0.3, -0.25) is 4.57 Å². The summed E-state index contributed by atoms with van der Waals surface area (Å²) < 4.78 is 76.8.